The van der Waals surface area contributed by atoms with Crippen LogP contribution in [0.4, 0.5) is 0 Å². The third kappa shape index (κ3) is 2.64. The molecule has 0 atom stereocenters. The van der Waals surface area contributed by atoms with Gasteiger partial charge in [-0.2, -0.15) is 0 Å². The monoisotopic (exact) mass is 223 g/mol. The third-order valence-electron chi connectivity index (χ3n) is 2.12. The fourth-order valence-corrected chi connectivity index (χ4v) is 1.36. The SMILES string of the molecule is CCN=C(NN)c1ccc(OC)cc1OC. The van der Waals surface area contributed by atoms with Crippen molar-refractivity contribution in [3.05, 3.63) is 23.8 Å². The fraction of sp³-hybridized carbons (Fsp3) is 0.364. The minimum atomic E-state index is 0.599. The Hall–Kier alpha value is -1.75. The zero-order valence-corrected chi connectivity index (χ0v) is 9.78. The number of rotatable bonds is 4. The van der Waals surface area contributed by atoms with E-state index in [9.17, 15) is 0 Å². The van der Waals surface area contributed by atoms with Crippen LogP contribution < -0.4 is 20.7 Å². The van der Waals surface area contributed by atoms with Crippen LogP contribution in [0.3, 0.4) is 0 Å². The van der Waals surface area contributed by atoms with Crippen molar-refractivity contribution in [2.45, 2.75) is 6.92 Å². The predicted molar refractivity (Wildman–Crippen MR) is 63.9 cm³/mol. The average molecular weight is 223 g/mol. The van der Waals surface area contributed by atoms with Crippen LogP contribution in [0.2, 0.25) is 0 Å². The second-order valence-electron chi connectivity index (χ2n) is 3.03. The Labute approximate surface area is 95.2 Å². The number of ether oxygens (including phenoxy) is 2. The molecule has 0 radical (unpaired) electrons. The molecular formula is C11H17N3O2. The van der Waals surface area contributed by atoms with Crippen LogP contribution in [0, 0.1) is 0 Å². The molecule has 0 spiro atoms. The molecule has 0 aliphatic rings. The number of methoxy groups -OCH3 is 2. The molecule has 0 aliphatic carbocycles. The summed E-state index contributed by atoms with van der Waals surface area (Å²) in [5.74, 6) is 7.42. The number of nitrogens with zero attached hydrogens (tertiary/aromatic N) is 1. The molecule has 1 rings (SSSR count). The van der Waals surface area contributed by atoms with Gasteiger partial charge in [-0.3, -0.25) is 4.99 Å². The number of nitrogens with two attached hydrogens (primary N) is 1. The molecule has 0 saturated heterocycles. The number of amidine groups is 1. The van der Waals surface area contributed by atoms with E-state index in [0.717, 1.165) is 11.3 Å². The summed E-state index contributed by atoms with van der Waals surface area (Å²) in [5, 5.41) is 0. The zero-order chi connectivity index (χ0) is 12.0. The number of hydrogen-bond acceptors (Lipinski definition) is 4. The first-order valence-electron chi connectivity index (χ1n) is 5.00. The van der Waals surface area contributed by atoms with E-state index >= 15 is 0 Å². The summed E-state index contributed by atoms with van der Waals surface area (Å²) in [6.07, 6.45) is 0. The molecule has 0 fully saturated rings. The lowest BCUT2D eigenvalue weighted by atomic mass is 10.1. The highest BCUT2D eigenvalue weighted by molar-refractivity contribution is 6.01. The van der Waals surface area contributed by atoms with E-state index in [1.165, 1.54) is 0 Å². The van der Waals surface area contributed by atoms with E-state index in [4.69, 9.17) is 15.3 Å². The highest BCUT2D eigenvalue weighted by Crippen LogP contribution is 2.24. The summed E-state index contributed by atoms with van der Waals surface area (Å²) in [6, 6.07) is 5.48. The summed E-state index contributed by atoms with van der Waals surface area (Å²) in [4.78, 5) is 4.24. The van der Waals surface area contributed by atoms with Crippen LogP contribution in [0.1, 0.15) is 12.5 Å². The van der Waals surface area contributed by atoms with E-state index in [1.807, 2.05) is 19.1 Å². The molecule has 0 amide bonds. The molecule has 0 unspecified atom stereocenters. The van der Waals surface area contributed by atoms with Gasteiger partial charge in [0.05, 0.1) is 19.8 Å². The van der Waals surface area contributed by atoms with Gasteiger partial charge in [-0.25, -0.2) is 5.84 Å². The van der Waals surface area contributed by atoms with E-state index < -0.39 is 0 Å². The van der Waals surface area contributed by atoms with Crippen LogP contribution in [0.5, 0.6) is 11.5 Å². The average Bonchev–Trinajstić information content (AvgIpc) is 2.35. The highest BCUT2D eigenvalue weighted by Gasteiger charge is 2.09. The number of aliphatic imine (C=N–C) groups is 1. The summed E-state index contributed by atoms with van der Waals surface area (Å²) in [6.45, 7) is 2.59. The molecule has 5 nitrogen and oxygen atoms in total. The first-order chi connectivity index (χ1) is 7.76. The molecule has 0 aliphatic heterocycles. The Kier molecular flexibility index (Phi) is 4.60. The van der Waals surface area contributed by atoms with Crippen molar-refractivity contribution < 1.29 is 9.47 Å². The van der Waals surface area contributed by atoms with E-state index in [1.54, 1.807) is 20.3 Å². The van der Waals surface area contributed by atoms with Gasteiger partial charge in [0.25, 0.3) is 0 Å². The van der Waals surface area contributed by atoms with Gasteiger partial charge in [-0.05, 0) is 19.1 Å². The predicted octanol–water partition coefficient (Wildman–Crippen LogP) is 0.934. The number of hydrazine groups is 1. The third-order valence-corrected chi connectivity index (χ3v) is 2.12. The first kappa shape index (κ1) is 12.3. The number of nitrogens with one attached hydrogen (secondary N) is 1. The van der Waals surface area contributed by atoms with Crippen LogP contribution >= 0.6 is 0 Å². The van der Waals surface area contributed by atoms with Crippen LogP contribution in [-0.4, -0.2) is 26.6 Å². The lowest BCUT2D eigenvalue weighted by molar-refractivity contribution is 0.393. The van der Waals surface area contributed by atoms with E-state index in [-0.39, 0.29) is 0 Å². The molecule has 1 aromatic carbocycles. The fourth-order valence-electron chi connectivity index (χ4n) is 1.36. The molecule has 0 bridgehead atoms. The van der Waals surface area contributed by atoms with Gasteiger partial charge in [-0.1, -0.05) is 0 Å². The number of benzene rings is 1. The smallest absolute Gasteiger partial charge is 0.146 e. The first-order valence-corrected chi connectivity index (χ1v) is 5.00. The Morgan fingerprint density at radius 1 is 1.38 bits per heavy atom. The van der Waals surface area contributed by atoms with Gasteiger partial charge in [0.15, 0.2) is 0 Å². The normalized spacial score (nSPS) is 11.1. The summed E-state index contributed by atoms with van der Waals surface area (Å²) in [7, 11) is 3.20. The second kappa shape index (κ2) is 5.97. The molecule has 1 aromatic rings. The minimum Gasteiger partial charge on any atom is -0.497 e. The summed E-state index contributed by atoms with van der Waals surface area (Å²) in [5.41, 5.74) is 3.37. The Bertz CT molecular complexity index is 377. The topological polar surface area (TPSA) is 68.9 Å². The van der Waals surface area contributed by atoms with E-state index in [2.05, 4.69) is 10.4 Å². The maximum atomic E-state index is 5.42. The molecule has 16 heavy (non-hydrogen) atoms. The maximum absolute atomic E-state index is 5.42. The van der Waals surface area contributed by atoms with E-state index in [0.29, 0.717) is 18.1 Å². The molecule has 0 heterocycles. The summed E-state index contributed by atoms with van der Waals surface area (Å²) >= 11 is 0. The van der Waals surface area contributed by atoms with Gasteiger partial charge in [0.2, 0.25) is 0 Å². The van der Waals surface area contributed by atoms with Gasteiger partial charge >= 0.3 is 0 Å². The van der Waals surface area contributed by atoms with Gasteiger partial charge in [0.1, 0.15) is 17.3 Å². The van der Waals surface area contributed by atoms with Crippen molar-refractivity contribution in [1.29, 1.82) is 0 Å². The molecule has 0 saturated carbocycles. The van der Waals surface area contributed by atoms with Crippen LogP contribution in [-0.2, 0) is 0 Å². The largest absolute Gasteiger partial charge is 0.497 e. The Morgan fingerprint density at radius 2 is 2.12 bits per heavy atom. The number of hydrogen-bond donors (Lipinski definition) is 2. The zero-order valence-electron chi connectivity index (χ0n) is 9.78. The van der Waals surface area contributed by atoms with Gasteiger partial charge in [-0.15, -0.1) is 0 Å². The second-order valence-corrected chi connectivity index (χ2v) is 3.03. The van der Waals surface area contributed by atoms with Crippen molar-refractivity contribution in [3.8, 4) is 11.5 Å². The molecule has 88 valence electrons. The lowest BCUT2D eigenvalue weighted by Gasteiger charge is -2.11. The van der Waals surface area contributed by atoms with Crippen LogP contribution in [0.15, 0.2) is 23.2 Å². The standard InChI is InChI=1S/C11H17N3O2/c1-4-13-11(14-12)9-6-5-8(15-2)7-10(9)16-3/h5-7H,4,12H2,1-3H3,(H,13,14). The summed E-state index contributed by atoms with van der Waals surface area (Å²) < 4.78 is 10.4. The lowest BCUT2D eigenvalue weighted by Crippen LogP contribution is -2.31. The van der Waals surface area contributed by atoms with Crippen molar-refractivity contribution in [1.82, 2.24) is 5.43 Å². The maximum Gasteiger partial charge on any atom is 0.146 e. The molecule has 3 N–H and O–H groups in total. The highest BCUT2D eigenvalue weighted by atomic mass is 16.5. The van der Waals surface area contributed by atoms with Gasteiger partial charge < -0.3 is 14.9 Å². The quantitative estimate of drug-likeness (QED) is 0.345. The molecular weight excluding hydrogens is 206 g/mol. The van der Waals surface area contributed by atoms with Crippen molar-refractivity contribution >= 4 is 5.84 Å². The molecule has 5 heteroatoms. The minimum absolute atomic E-state index is 0.599. The Morgan fingerprint density at radius 3 is 2.62 bits per heavy atom. The Balaban J connectivity index is 3.16. The molecule has 0 aromatic heterocycles. The van der Waals surface area contributed by atoms with Gasteiger partial charge in [0, 0.05) is 12.6 Å². The van der Waals surface area contributed by atoms with Crippen LogP contribution in [0.25, 0.3) is 0 Å². The van der Waals surface area contributed by atoms with Crippen molar-refractivity contribution in [2.24, 2.45) is 10.8 Å². The van der Waals surface area contributed by atoms with Crippen molar-refractivity contribution in [3.63, 3.8) is 0 Å². The van der Waals surface area contributed by atoms with Crippen molar-refractivity contribution in [2.75, 3.05) is 20.8 Å².